The fourth-order valence-electron chi connectivity index (χ4n) is 1.72. The van der Waals surface area contributed by atoms with Gasteiger partial charge in [0.05, 0.1) is 25.0 Å². The van der Waals surface area contributed by atoms with Crippen LogP contribution in [0.25, 0.3) is 0 Å². The average molecular weight is 252 g/mol. The first kappa shape index (κ1) is 12.8. The maximum Gasteiger partial charge on any atom is 0.214 e. The third-order valence-corrected chi connectivity index (χ3v) is 2.78. The SMILES string of the molecule is O=Cc1cc(OCCN2CCOCC2)ncc1O. The van der Waals surface area contributed by atoms with Crippen molar-refractivity contribution in [3.63, 3.8) is 0 Å². The Kier molecular flexibility index (Phi) is 4.49. The standard InChI is InChI=1S/C12H16N2O4/c15-9-10-7-12(13-8-11(10)16)18-6-3-14-1-4-17-5-2-14/h7-9,16H,1-6H2. The highest BCUT2D eigenvalue weighted by atomic mass is 16.5. The second kappa shape index (κ2) is 6.32. The van der Waals surface area contributed by atoms with Crippen molar-refractivity contribution in [1.82, 2.24) is 9.88 Å². The Labute approximate surface area is 105 Å². The first-order chi connectivity index (χ1) is 8.79. The third-order valence-electron chi connectivity index (χ3n) is 2.78. The molecule has 0 saturated carbocycles. The van der Waals surface area contributed by atoms with Crippen molar-refractivity contribution in [1.29, 1.82) is 0 Å². The van der Waals surface area contributed by atoms with Gasteiger partial charge in [-0.1, -0.05) is 0 Å². The van der Waals surface area contributed by atoms with E-state index >= 15 is 0 Å². The molecule has 0 aromatic carbocycles. The predicted octanol–water partition coefficient (Wildman–Crippen LogP) is 0.311. The summed E-state index contributed by atoms with van der Waals surface area (Å²) in [4.78, 5) is 16.8. The minimum Gasteiger partial charge on any atom is -0.506 e. The lowest BCUT2D eigenvalue weighted by Gasteiger charge is -2.26. The molecule has 0 radical (unpaired) electrons. The normalized spacial score (nSPS) is 16.4. The second-order valence-electron chi connectivity index (χ2n) is 4.00. The zero-order valence-corrected chi connectivity index (χ0v) is 10.0. The number of morpholine rings is 1. The molecule has 0 bridgehead atoms. The van der Waals surface area contributed by atoms with Crippen LogP contribution < -0.4 is 4.74 Å². The minimum atomic E-state index is -0.134. The first-order valence-corrected chi connectivity index (χ1v) is 5.86. The Hall–Kier alpha value is -1.66. The average Bonchev–Trinajstić information content (AvgIpc) is 2.42. The van der Waals surface area contributed by atoms with Gasteiger partial charge in [0.1, 0.15) is 12.4 Å². The van der Waals surface area contributed by atoms with E-state index in [-0.39, 0.29) is 11.3 Å². The number of aldehydes is 1. The van der Waals surface area contributed by atoms with E-state index in [2.05, 4.69) is 9.88 Å². The molecule has 0 atom stereocenters. The highest BCUT2D eigenvalue weighted by Crippen LogP contribution is 2.17. The first-order valence-electron chi connectivity index (χ1n) is 5.86. The summed E-state index contributed by atoms with van der Waals surface area (Å²) in [6, 6.07) is 1.43. The molecule has 18 heavy (non-hydrogen) atoms. The van der Waals surface area contributed by atoms with Crippen LogP contribution in [0.4, 0.5) is 0 Å². The molecule has 2 rings (SSSR count). The Morgan fingerprint density at radius 1 is 1.50 bits per heavy atom. The summed E-state index contributed by atoms with van der Waals surface area (Å²) >= 11 is 0. The lowest BCUT2D eigenvalue weighted by molar-refractivity contribution is 0.0320. The summed E-state index contributed by atoms with van der Waals surface area (Å²) in [5.74, 6) is 0.216. The molecule has 1 aromatic heterocycles. The molecule has 0 aliphatic carbocycles. The molecule has 0 spiro atoms. The smallest absolute Gasteiger partial charge is 0.214 e. The Bertz CT molecular complexity index is 405. The minimum absolute atomic E-state index is 0.134. The third kappa shape index (κ3) is 3.41. The molecule has 0 unspecified atom stereocenters. The quantitative estimate of drug-likeness (QED) is 0.760. The van der Waals surface area contributed by atoms with Crippen LogP contribution >= 0.6 is 0 Å². The molecule has 6 nitrogen and oxygen atoms in total. The van der Waals surface area contributed by atoms with E-state index in [4.69, 9.17) is 9.47 Å². The number of rotatable bonds is 5. The molecule has 2 heterocycles. The van der Waals surface area contributed by atoms with Gasteiger partial charge in [-0.15, -0.1) is 0 Å². The van der Waals surface area contributed by atoms with Gasteiger partial charge in [0.25, 0.3) is 0 Å². The van der Waals surface area contributed by atoms with E-state index < -0.39 is 0 Å². The highest BCUT2D eigenvalue weighted by molar-refractivity contribution is 5.79. The summed E-state index contributed by atoms with van der Waals surface area (Å²) in [6.07, 6.45) is 1.79. The number of hydrogen-bond acceptors (Lipinski definition) is 6. The van der Waals surface area contributed by atoms with Crippen LogP contribution in [0.2, 0.25) is 0 Å². The highest BCUT2D eigenvalue weighted by Gasteiger charge is 2.10. The van der Waals surface area contributed by atoms with Crippen molar-refractivity contribution in [2.45, 2.75) is 0 Å². The van der Waals surface area contributed by atoms with Crippen molar-refractivity contribution in [3.05, 3.63) is 17.8 Å². The largest absolute Gasteiger partial charge is 0.506 e. The molecule has 1 aliphatic rings. The molecule has 1 saturated heterocycles. The van der Waals surface area contributed by atoms with Crippen molar-refractivity contribution in [2.24, 2.45) is 0 Å². The van der Waals surface area contributed by atoms with Crippen molar-refractivity contribution < 1.29 is 19.4 Å². The van der Waals surface area contributed by atoms with Crippen LogP contribution in [0.3, 0.4) is 0 Å². The number of carbonyl (C=O) groups is 1. The number of hydrogen-bond donors (Lipinski definition) is 1. The van der Waals surface area contributed by atoms with Crippen LogP contribution in [-0.2, 0) is 4.74 Å². The Balaban J connectivity index is 1.80. The molecular formula is C12H16N2O4. The maximum absolute atomic E-state index is 10.6. The van der Waals surface area contributed by atoms with Gasteiger partial charge in [0.15, 0.2) is 6.29 Å². The number of nitrogens with zero attached hydrogens (tertiary/aromatic N) is 2. The van der Waals surface area contributed by atoms with E-state index in [1.807, 2.05) is 0 Å². The molecule has 6 heteroatoms. The van der Waals surface area contributed by atoms with Gasteiger partial charge < -0.3 is 14.6 Å². The zero-order chi connectivity index (χ0) is 12.8. The number of pyridine rings is 1. The molecular weight excluding hydrogens is 236 g/mol. The molecule has 98 valence electrons. The van der Waals surface area contributed by atoms with Crippen LogP contribution in [0.1, 0.15) is 10.4 Å². The van der Waals surface area contributed by atoms with E-state index in [1.165, 1.54) is 12.3 Å². The summed E-state index contributed by atoms with van der Waals surface area (Å²) in [7, 11) is 0. The van der Waals surface area contributed by atoms with Crippen molar-refractivity contribution in [3.8, 4) is 11.6 Å². The van der Waals surface area contributed by atoms with Crippen LogP contribution in [-0.4, -0.2) is 60.7 Å². The fourth-order valence-corrected chi connectivity index (χ4v) is 1.72. The van der Waals surface area contributed by atoms with Crippen LogP contribution in [0.15, 0.2) is 12.3 Å². The van der Waals surface area contributed by atoms with Gasteiger partial charge in [-0.25, -0.2) is 4.98 Å². The molecule has 0 amide bonds. The monoisotopic (exact) mass is 252 g/mol. The van der Waals surface area contributed by atoms with Crippen molar-refractivity contribution in [2.75, 3.05) is 39.5 Å². The fraction of sp³-hybridized carbons (Fsp3) is 0.500. The van der Waals surface area contributed by atoms with E-state index in [0.717, 1.165) is 32.8 Å². The van der Waals surface area contributed by atoms with Crippen LogP contribution in [0.5, 0.6) is 11.6 Å². The Morgan fingerprint density at radius 3 is 3.00 bits per heavy atom. The molecule has 1 aromatic rings. The van der Waals surface area contributed by atoms with Gasteiger partial charge in [0, 0.05) is 25.7 Å². The topological polar surface area (TPSA) is 71.9 Å². The lowest BCUT2D eigenvalue weighted by Crippen LogP contribution is -2.38. The van der Waals surface area contributed by atoms with E-state index in [0.29, 0.717) is 18.8 Å². The summed E-state index contributed by atoms with van der Waals surface area (Å²) in [5, 5.41) is 9.29. The van der Waals surface area contributed by atoms with Gasteiger partial charge in [-0.05, 0) is 0 Å². The van der Waals surface area contributed by atoms with Gasteiger partial charge in [-0.3, -0.25) is 9.69 Å². The van der Waals surface area contributed by atoms with Crippen molar-refractivity contribution >= 4 is 6.29 Å². The van der Waals surface area contributed by atoms with Gasteiger partial charge >= 0.3 is 0 Å². The zero-order valence-electron chi connectivity index (χ0n) is 10.0. The van der Waals surface area contributed by atoms with Crippen LogP contribution in [0, 0.1) is 0 Å². The van der Waals surface area contributed by atoms with Gasteiger partial charge in [-0.2, -0.15) is 0 Å². The maximum atomic E-state index is 10.6. The number of aromatic hydroxyl groups is 1. The summed E-state index contributed by atoms with van der Waals surface area (Å²) in [5.41, 5.74) is 0.186. The van der Waals surface area contributed by atoms with Gasteiger partial charge in [0.2, 0.25) is 5.88 Å². The van der Waals surface area contributed by atoms with E-state index in [1.54, 1.807) is 0 Å². The Morgan fingerprint density at radius 2 is 2.28 bits per heavy atom. The predicted molar refractivity (Wildman–Crippen MR) is 64.0 cm³/mol. The lowest BCUT2D eigenvalue weighted by atomic mass is 10.3. The number of carbonyl (C=O) groups excluding carboxylic acids is 1. The second-order valence-corrected chi connectivity index (χ2v) is 4.00. The summed E-state index contributed by atoms with van der Waals surface area (Å²) in [6.45, 7) is 4.62. The summed E-state index contributed by atoms with van der Waals surface area (Å²) < 4.78 is 10.7. The molecule has 1 N–H and O–H groups in total. The number of aromatic nitrogens is 1. The van der Waals surface area contributed by atoms with E-state index in [9.17, 15) is 9.90 Å². The molecule has 1 fully saturated rings. The number of ether oxygens (including phenoxy) is 2. The molecule has 1 aliphatic heterocycles.